The highest BCUT2D eigenvalue weighted by Gasteiger charge is 2.29. The Balaban J connectivity index is 2.27. The highest BCUT2D eigenvalue weighted by atomic mass is 32.2. The average molecular weight is 278 g/mol. The molecule has 0 amide bonds. The highest BCUT2D eigenvalue weighted by Crippen LogP contribution is 2.30. The fraction of sp³-hybridized carbons (Fsp3) is 0.500. The quantitative estimate of drug-likeness (QED) is 0.599. The van der Waals surface area contributed by atoms with E-state index in [0.29, 0.717) is 24.6 Å². The number of sulfonamides is 1. The first-order chi connectivity index (χ1) is 8.01. The van der Waals surface area contributed by atoms with Gasteiger partial charge in [-0.15, -0.1) is 0 Å². The van der Waals surface area contributed by atoms with Crippen LogP contribution in [-0.4, -0.2) is 43.9 Å². The number of hydrogen-bond acceptors (Lipinski definition) is 6. The summed E-state index contributed by atoms with van der Waals surface area (Å²) in [6.45, 7) is 1.28. The molecule has 0 bridgehead atoms. The number of rotatable bonds is 3. The molecule has 1 aliphatic rings. The normalized spacial score (nSPS) is 18.1. The van der Waals surface area contributed by atoms with Crippen molar-refractivity contribution in [2.45, 2.75) is 4.21 Å². The summed E-state index contributed by atoms with van der Waals surface area (Å²) in [5.74, 6) is 0. The highest BCUT2D eigenvalue weighted by molar-refractivity contribution is 7.91. The van der Waals surface area contributed by atoms with Crippen molar-refractivity contribution >= 4 is 26.4 Å². The van der Waals surface area contributed by atoms with Gasteiger partial charge in [-0.2, -0.15) is 4.31 Å². The Morgan fingerprint density at radius 1 is 1.35 bits per heavy atom. The van der Waals surface area contributed by atoms with Gasteiger partial charge in [0, 0.05) is 19.2 Å². The van der Waals surface area contributed by atoms with E-state index in [0.717, 1.165) is 0 Å². The van der Waals surface area contributed by atoms with Crippen LogP contribution in [0.4, 0.5) is 5.00 Å². The molecular weight excluding hydrogens is 268 g/mol. The van der Waals surface area contributed by atoms with Crippen molar-refractivity contribution in [1.82, 2.24) is 4.31 Å². The lowest BCUT2D eigenvalue weighted by Crippen LogP contribution is -2.40. The lowest BCUT2D eigenvalue weighted by atomic mass is 10.5. The van der Waals surface area contributed by atoms with Crippen molar-refractivity contribution in [3.05, 3.63) is 22.2 Å². The molecule has 0 spiro atoms. The number of nitro groups is 1. The van der Waals surface area contributed by atoms with Crippen LogP contribution in [0.2, 0.25) is 0 Å². The molecule has 1 saturated heterocycles. The van der Waals surface area contributed by atoms with Gasteiger partial charge in [-0.05, 0) is 17.4 Å². The second-order valence-electron chi connectivity index (χ2n) is 3.37. The van der Waals surface area contributed by atoms with Gasteiger partial charge in [0.2, 0.25) is 0 Å². The van der Waals surface area contributed by atoms with Crippen LogP contribution in [0.5, 0.6) is 0 Å². The molecule has 0 aliphatic carbocycles. The summed E-state index contributed by atoms with van der Waals surface area (Å²) in [5, 5.41) is 10.3. The summed E-state index contributed by atoms with van der Waals surface area (Å²) in [5.41, 5.74) is 0. The smallest absolute Gasteiger partial charge is 0.325 e. The SMILES string of the molecule is O=[N+]([O-])c1ccc(S(=O)(=O)N2CCOCC2)s1. The molecule has 0 radical (unpaired) electrons. The summed E-state index contributed by atoms with van der Waals surface area (Å²) in [6, 6.07) is 2.48. The summed E-state index contributed by atoms with van der Waals surface area (Å²) in [4.78, 5) is 9.91. The number of nitrogens with zero attached hydrogens (tertiary/aromatic N) is 2. The van der Waals surface area contributed by atoms with Crippen LogP contribution in [0.3, 0.4) is 0 Å². The molecule has 0 N–H and O–H groups in total. The van der Waals surface area contributed by atoms with Crippen molar-refractivity contribution in [3.63, 3.8) is 0 Å². The molecule has 1 fully saturated rings. The first-order valence-corrected chi connectivity index (χ1v) is 7.09. The maximum Gasteiger partial charge on any atom is 0.325 e. The van der Waals surface area contributed by atoms with E-state index in [2.05, 4.69) is 0 Å². The first kappa shape index (κ1) is 12.4. The Labute approximate surface area is 102 Å². The Hall–Kier alpha value is -1.03. The Morgan fingerprint density at radius 2 is 2.00 bits per heavy atom. The van der Waals surface area contributed by atoms with E-state index >= 15 is 0 Å². The predicted molar refractivity (Wildman–Crippen MR) is 60.6 cm³/mol. The molecule has 0 unspecified atom stereocenters. The van der Waals surface area contributed by atoms with Crippen molar-refractivity contribution in [2.24, 2.45) is 0 Å². The van der Waals surface area contributed by atoms with Crippen molar-refractivity contribution in [3.8, 4) is 0 Å². The third-order valence-corrected chi connectivity index (χ3v) is 5.71. The van der Waals surface area contributed by atoms with Gasteiger partial charge in [0.1, 0.15) is 4.21 Å². The zero-order valence-electron chi connectivity index (χ0n) is 8.74. The van der Waals surface area contributed by atoms with E-state index in [9.17, 15) is 18.5 Å². The van der Waals surface area contributed by atoms with Crippen molar-refractivity contribution in [1.29, 1.82) is 0 Å². The van der Waals surface area contributed by atoms with Crippen LogP contribution in [0.1, 0.15) is 0 Å². The second-order valence-corrected chi connectivity index (χ2v) is 6.59. The Kier molecular flexibility index (Phi) is 3.43. The second kappa shape index (κ2) is 4.69. The van der Waals surface area contributed by atoms with E-state index in [1.807, 2.05) is 0 Å². The fourth-order valence-corrected chi connectivity index (χ4v) is 4.13. The van der Waals surface area contributed by atoms with Gasteiger partial charge in [0.15, 0.2) is 0 Å². The zero-order valence-corrected chi connectivity index (χ0v) is 10.4. The summed E-state index contributed by atoms with van der Waals surface area (Å²) in [7, 11) is -3.61. The molecule has 2 heterocycles. The van der Waals surface area contributed by atoms with E-state index in [1.165, 1.54) is 16.4 Å². The number of ether oxygens (including phenoxy) is 1. The molecule has 94 valence electrons. The van der Waals surface area contributed by atoms with Gasteiger partial charge < -0.3 is 4.74 Å². The minimum absolute atomic E-state index is 0.00565. The standard InChI is InChI=1S/C8H10N2O5S2/c11-10(12)7-1-2-8(16-7)17(13,14)9-3-5-15-6-4-9/h1-2H,3-6H2. The topological polar surface area (TPSA) is 89.8 Å². The summed E-state index contributed by atoms with van der Waals surface area (Å²) in [6.07, 6.45) is 0. The van der Waals surface area contributed by atoms with Crippen LogP contribution in [0, 0.1) is 10.1 Å². The van der Waals surface area contributed by atoms with Gasteiger partial charge in [-0.3, -0.25) is 10.1 Å². The van der Waals surface area contributed by atoms with Gasteiger partial charge in [0.05, 0.1) is 18.1 Å². The largest absolute Gasteiger partial charge is 0.379 e. The summed E-state index contributed by atoms with van der Waals surface area (Å²) >= 11 is 0.672. The maximum atomic E-state index is 12.1. The fourth-order valence-electron chi connectivity index (χ4n) is 1.46. The van der Waals surface area contributed by atoms with Crippen LogP contribution < -0.4 is 0 Å². The van der Waals surface area contributed by atoms with Crippen molar-refractivity contribution < 1.29 is 18.1 Å². The predicted octanol–water partition coefficient (Wildman–Crippen LogP) is 0.677. The molecule has 9 heteroatoms. The summed E-state index contributed by atoms with van der Waals surface area (Å²) < 4.78 is 30.5. The zero-order chi connectivity index (χ0) is 12.5. The van der Waals surface area contributed by atoms with Gasteiger partial charge in [-0.1, -0.05) is 0 Å². The third kappa shape index (κ3) is 2.46. The van der Waals surface area contributed by atoms with Crippen LogP contribution in [-0.2, 0) is 14.8 Å². The number of thiophene rings is 1. The average Bonchev–Trinajstić information content (AvgIpc) is 2.80. The molecule has 1 aromatic rings. The van der Waals surface area contributed by atoms with E-state index in [-0.39, 0.29) is 22.3 Å². The molecule has 0 saturated carbocycles. The molecule has 2 rings (SSSR count). The molecular formula is C8H10N2O5S2. The number of morpholine rings is 1. The van der Waals surface area contributed by atoms with Crippen molar-refractivity contribution in [2.75, 3.05) is 26.3 Å². The van der Waals surface area contributed by atoms with Gasteiger partial charge in [0.25, 0.3) is 10.0 Å². The molecule has 1 aromatic heterocycles. The third-order valence-electron chi connectivity index (χ3n) is 2.31. The maximum absolute atomic E-state index is 12.1. The minimum Gasteiger partial charge on any atom is -0.379 e. The molecule has 0 atom stereocenters. The Bertz CT molecular complexity index is 518. The van der Waals surface area contributed by atoms with Gasteiger partial charge in [-0.25, -0.2) is 8.42 Å². The first-order valence-electron chi connectivity index (χ1n) is 4.84. The van der Waals surface area contributed by atoms with Crippen LogP contribution in [0.15, 0.2) is 16.3 Å². The van der Waals surface area contributed by atoms with Gasteiger partial charge >= 0.3 is 5.00 Å². The van der Waals surface area contributed by atoms with E-state index < -0.39 is 14.9 Å². The monoisotopic (exact) mass is 278 g/mol. The van der Waals surface area contributed by atoms with Crippen LogP contribution >= 0.6 is 11.3 Å². The Morgan fingerprint density at radius 3 is 2.53 bits per heavy atom. The minimum atomic E-state index is -3.61. The van der Waals surface area contributed by atoms with E-state index in [4.69, 9.17) is 4.74 Å². The molecule has 0 aromatic carbocycles. The lowest BCUT2D eigenvalue weighted by molar-refractivity contribution is -0.380. The molecule has 17 heavy (non-hydrogen) atoms. The van der Waals surface area contributed by atoms with Crippen LogP contribution in [0.25, 0.3) is 0 Å². The molecule has 7 nitrogen and oxygen atoms in total. The van der Waals surface area contributed by atoms with E-state index in [1.54, 1.807) is 0 Å². The number of hydrogen-bond donors (Lipinski definition) is 0. The lowest BCUT2D eigenvalue weighted by Gasteiger charge is -2.25. The molecule has 1 aliphatic heterocycles.